The number of carboxylic acids is 1. The quantitative estimate of drug-likeness (QED) is 0.909. The van der Waals surface area contributed by atoms with Gasteiger partial charge in [-0.15, -0.1) is 11.3 Å². The highest BCUT2D eigenvalue weighted by atomic mass is 32.1. The molecule has 0 aromatic carbocycles. The van der Waals surface area contributed by atoms with Gasteiger partial charge >= 0.3 is 12.1 Å². The summed E-state index contributed by atoms with van der Waals surface area (Å²) in [5, 5.41) is 9.66. The molecule has 0 aliphatic rings. The number of aromatic nitrogens is 1. The van der Waals surface area contributed by atoms with E-state index in [9.17, 15) is 27.9 Å². The number of amides is 1. The van der Waals surface area contributed by atoms with E-state index in [0.717, 1.165) is 22.3 Å². The summed E-state index contributed by atoms with van der Waals surface area (Å²) in [6.45, 7) is 4.34. The van der Waals surface area contributed by atoms with Gasteiger partial charge in [-0.1, -0.05) is 0 Å². The maximum Gasteiger partial charge on any atom is 0.433 e. The summed E-state index contributed by atoms with van der Waals surface area (Å²) in [6.07, 6.45) is -4.57. The normalized spacial score (nSPS) is 12.5. The Morgan fingerprint density at radius 2 is 1.83 bits per heavy atom. The lowest BCUT2D eigenvalue weighted by Crippen LogP contribution is -2.50. The van der Waals surface area contributed by atoms with Gasteiger partial charge in [0.1, 0.15) is 16.1 Å². The van der Waals surface area contributed by atoms with Crippen LogP contribution in [0.4, 0.5) is 13.2 Å². The highest BCUT2D eigenvalue weighted by molar-refractivity contribution is 7.20. The van der Waals surface area contributed by atoms with E-state index in [4.69, 9.17) is 0 Å². The van der Waals surface area contributed by atoms with Crippen LogP contribution in [0.25, 0.3) is 10.2 Å². The lowest BCUT2D eigenvalue weighted by Gasteiger charge is -2.31. The zero-order valence-electron chi connectivity index (χ0n) is 13.4. The van der Waals surface area contributed by atoms with E-state index in [-0.39, 0.29) is 9.71 Å². The number of hydrogen-bond donors (Lipinski definition) is 1. The number of fused-ring (bicyclic) bond motifs is 1. The second kappa shape index (κ2) is 5.73. The first-order valence-corrected chi connectivity index (χ1v) is 7.68. The monoisotopic (exact) mass is 360 g/mol. The van der Waals surface area contributed by atoms with E-state index in [1.165, 1.54) is 27.0 Å². The molecule has 130 valence electrons. The molecule has 0 aliphatic carbocycles. The molecule has 0 atom stereocenters. The molecule has 24 heavy (non-hydrogen) atoms. The van der Waals surface area contributed by atoms with Crippen LogP contribution in [0, 0.1) is 6.92 Å². The Labute approximate surface area is 139 Å². The van der Waals surface area contributed by atoms with Crippen molar-refractivity contribution in [3.05, 3.63) is 28.3 Å². The fourth-order valence-electron chi connectivity index (χ4n) is 2.01. The number of nitrogens with zero attached hydrogens (tertiary/aromatic N) is 2. The summed E-state index contributed by atoms with van der Waals surface area (Å²) in [5.41, 5.74) is -2.01. The summed E-state index contributed by atoms with van der Waals surface area (Å²) in [7, 11) is 1.34. The molecular formula is C15H15F3N2O3S. The van der Waals surface area contributed by atoms with Crippen LogP contribution in [0.15, 0.2) is 12.1 Å². The van der Waals surface area contributed by atoms with Crippen molar-refractivity contribution in [2.75, 3.05) is 7.05 Å². The van der Waals surface area contributed by atoms with E-state index in [1.807, 2.05) is 0 Å². The van der Waals surface area contributed by atoms with Crippen molar-refractivity contribution < 1.29 is 27.9 Å². The number of alkyl halides is 3. The predicted molar refractivity (Wildman–Crippen MR) is 83.2 cm³/mol. The molecule has 5 nitrogen and oxygen atoms in total. The van der Waals surface area contributed by atoms with Crippen molar-refractivity contribution in [2.45, 2.75) is 32.5 Å². The number of carboxylic acid groups (broad SMARTS) is 1. The molecule has 2 rings (SSSR count). The molecule has 0 fully saturated rings. The van der Waals surface area contributed by atoms with Gasteiger partial charge in [0.2, 0.25) is 0 Å². The van der Waals surface area contributed by atoms with Crippen LogP contribution in [0.5, 0.6) is 0 Å². The van der Waals surface area contributed by atoms with Gasteiger partial charge in [0.25, 0.3) is 5.91 Å². The highest BCUT2D eigenvalue weighted by Gasteiger charge is 2.37. The van der Waals surface area contributed by atoms with Gasteiger partial charge < -0.3 is 10.0 Å². The number of hydrogen-bond acceptors (Lipinski definition) is 4. The summed E-state index contributed by atoms with van der Waals surface area (Å²) in [4.78, 5) is 28.8. The molecule has 2 heterocycles. The van der Waals surface area contributed by atoms with E-state index in [1.54, 1.807) is 6.92 Å². The summed E-state index contributed by atoms with van der Waals surface area (Å²) in [6, 6.07) is 2.14. The molecule has 0 saturated heterocycles. The smallest absolute Gasteiger partial charge is 0.433 e. The second-order valence-electron chi connectivity index (χ2n) is 5.83. The number of rotatable bonds is 3. The lowest BCUT2D eigenvalue weighted by atomic mass is 10.0. The van der Waals surface area contributed by atoms with E-state index in [2.05, 4.69) is 4.98 Å². The van der Waals surface area contributed by atoms with Crippen LogP contribution in [0.3, 0.4) is 0 Å². The molecule has 0 spiro atoms. The molecule has 1 amide bonds. The van der Waals surface area contributed by atoms with Crippen molar-refractivity contribution in [3.8, 4) is 0 Å². The first kappa shape index (κ1) is 18.2. The van der Waals surface area contributed by atoms with E-state index < -0.39 is 29.3 Å². The lowest BCUT2D eigenvalue weighted by molar-refractivity contribution is -0.147. The van der Waals surface area contributed by atoms with Crippen LogP contribution in [0.1, 0.15) is 34.8 Å². The Bertz CT molecular complexity index is 827. The van der Waals surface area contributed by atoms with Crippen molar-refractivity contribution >= 4 is 33.4 Å². The molecule has 9 heteroatoms. The fourth-order valence-corrected chi connectivity index (χ4v) is 3.17. The molecule has 0 aliphatic heterocycles. The number of aryl methyl sites for hydroxylation is 1. The van der Waals surface area contributed by atoms with Crippen LogP contribution < -0.4 is 0 Å². The molecule has 1 N–H and O–H groups in total. The Morgan fingerprint density at radius 1 is 1.25 bits per heavy atom. The molecule has 0 unspecified atom stereocenters. The largest absolute Gasteiger partial charge is 0.480 e. The van der Waals surface area contributed by atoms with Crippen molar-refractivity contribution in [3.63, 3.8) is 0 Å². The third-order valence-electron chi connectivity index (χ3n) is 3.95. The Morgan fingerprint density at radius 3 is 2.33 bits per heavy atom. The second-order valence-corrected chi connectivity index (χ2v) is 6.83. The SMILES string of the molecule is Cc1c(C(=O)N(C)C(C)(C)C(=O)O)sc2nc(C(F)(F)F)ccc12. The first-order chi connectivity index (χ1) is 10.9. The minimum Gasteiger partial charge on any atom is -0.480 e. The van der Waals surface area contributed by atoms with Crippen molar-refractivity contribution in [2.24, 2.45) is 0 Å². The van der Waals surface area contributed by atoms with Gasteiger partial charge in [-0.2, -0.15) is 13.2 Å². The molecule has 0 bridgehead atoms. The number of halogens is 3. The van der Waals surface area contributed by atoms with Crippen LogP contribution >= 0.6 is 11.3 Å². The summed E-state index contributed by atoms with van der Waals surface area (Å²) in [5.74, 6) is -1.76. The topological polar surface area (TPSA) is 70.5 Å². The van der Waals surface area contributed by atoms with Crippen molar-refractivity contribution in [1.82, 2.24) is 9.88 Å². The van der Waals surface area contributed by atoms with Gasteiger partial charge in [0.15, 0.2) is 0 Å². The number of aliphatic carboxylic acids is 1. The minimum atomic E-state index is -4.57. The summed E-state index contributed by atoms with van der Waals surface area (Å²) >= 11 is 0.823. The highest BCUT2D eigenvalue weighted by Crippen LogP contribution is 2.35. The third-order valence-corrected chi connectivity index (χ3v) is 5.14. The predicted octanol–water partition coefficient (Wildman–Crippen LogP) is 3.56. The average molecular weight is 360 g/mol. The molecule has 2 aromatic heterocycles. The van der Waals surface area contributed by atoms with E-state index >= 15 is 0 Å². The van der Waals surface area contributed by atoms with Gasteiger partial charge in [0.05, 0.1) is 4.88 Å². The maximum atomic E-state index is 12.8. The third kappa shape index (κ3) is 2.95. The van der Waals surface area contributed by atoms with Gasteiger partial charge in [-0.05, 0) is 38.5 Å². The van der Waals surface area contributed by atoms with Crippen LogP contribution in [-0.2, 0) is 11.0 Å². The van der Waals surface area contributed by atoms with Gasteiger partial charge in [-0.25, -0.2) is 9.78 Å². The number of likely N-dealkylation sites (N-methyl/N-ethyl adjacent to an activating group) is 1. The maximum absolute atomic E-state index is 12.8. The first-order valence-electron chi connectivity index (χ1n) is 6.86. The zero-order chi connectivity index (χ0) is 18.4. The number of carbonyl (C=O) groups is 2. The number of carbonyl (C=O) groups excluding carboxylic acids is 1. The zero-order valence-corrected chi connectivity index (χ0v) is 14.2. The van der Waals surface area contributed by atoms with Gasteiger partial charge in [0, 0.05) is 12.4 Å². The molecule has 2 aromatic rings. The Kier molecular flexibility index (Phi) is 4.34. The minimum absolute atomic E-state index is 0.0900. The number of thiophene rings is 1. The molecule has 0 saturated carbocycles. The van der Waals surface area contributed by atoms with Crippen LogP contribution in [-0.4, -0.2) is 39.5 Å². The Balaban J connectivity index is 2.52. The van der Waals surface area contributed by atoms with Gasteiger partial charge in [-0.3, -0.25) is 4.79 Å². The summed E-state index contributed by atoms with van der Waals surface area (Å²) < 4.78 is 38.3. The number of pyridine rings is 1. The fraction of sp³-hybridized carbons (Fsp3) is 0.400. The standard InChI is InChI=1S/C15H15F3N2O3S/c1-7-8-5-6-9(15(16,17)18)19-11(8)24-10(7)12(21)20(4)14(2,3)13(22)23/h5-6H,1-4H3,(H,22,23). The molecular weight excluding hydrogens is 345 g/mol. The average Bonchev–Trinajstić information content (AvgIpc) is 2.81. The Hall–Kier alpha value is -2.16. The van der Waals surface area contributed by atoms with Crippen LogP contribution in [0.2, 0.25) is 0 Å². The van der Waals surface area contributed by atoms with E-state index in [0.29, 0.717) is 10.9 Å². The van der Waals surface area contributed by atoms with Crippen molar-refractivity contribution in [1.29, 1.82) is 0 Å². The molecule has 0 radical (unpaired) electrons.